The highest BCUT2D eigenvalue weighted by Crippen LogP contribution is 2.34. The topological polar surface area (TPSA) is 78.6 Å². The SMILES string of the molecule is O=C(Cc1nc2ccnc(-c3ccc4c(c3)OCCO4)n2n1)C1CC1. The number of ether oxygens (including phenoxy) is 2. The first-order valence-electron chi connectivity index (χ1n) is 8.41. The molecule has 7 nitrogen and oxygen atoms in total. The molecule has 0 bridgehead atoms. The molecule has 0 unspecified atom stereocenters. The maximum atomic E-state index is 12.0. The monoisotopic (exact) mass is 336 g/mol. The Bertz CT molecular complexity index is 978. The molecule has 2 aromatic heterocycles. The van der Waals surface area contributed by atoms with Crippen LogP contribution in [0.15, 0.2) is 30.5 Å². The zero-order chi connectivity index (χ0) is 16.8. The third-order valence-corrected chi connectivity index (χ3v) is 4.46. The summed E-state index contributed by atoms with van der Waals surface area (Å²) in [5, 5.41) is 4.50. The molecule has 126 valence electrons. The summed E-state index contributed by atoms with van der Waals surface area (Å²) in [4.78, 5) is 20.9. The van der Waals surface area contributed by atoms with Crippen LogP contribution in [0, 0.1) is 5.92 Å². The highest BCUT2D eigenvalue weighted by atomic mass is 16.6. The van der Waals surface area contributed by atoms with Gasteiger partial charge in [0.1, 0.15) is 19.0 Å². The lowest BCUT2D eigenvalue weighted by Gasteiger charge is -2.18. The molecule has 3 heterocycles. The summed E-state index contributed by atoms with van der Waals surface area (Å²) in [6, 6.07) is 7.48. The third-order valence-electron chi connectivity index (χ3n) is 4.46. The molecule has 1 aromatic carbocycles. The molecule has 25 heavy (non-hydrogen) atoms. The molecule has 3 aromatic rings. The molecule has 0 amide bonds. The molecule has 0 atom stereocenters. The summed E-state index contributed by atoms with van der Waals surface area (Å²) in [5.74, 6) is 3.07. The van der Waals surface area contributed by atoms with Crippen LogP contribution in [0.2, 0.25) is 0 Å². The fourth-order valence-corrected chi connectivity index (χ4v) is 3.02. The molecule has 1 fully saturated rings. The summed E-state index contributed by atoms with van der Waals surface area (Å²) >= 11 is 0. The number of Topliss-reactive ketones (excluding diaryl/α,β-unsaturated/α-hetero) is 1. The Labute approximate surface area is 143 Å². The fraction of sp³-hybridized carbons (Fsp3) is 0.333. The van der Waals surface area contributed by atoms with Gasteiger partial charge in [-0.25, -0.2) is 9.97 Å². The Morgan fingerprint density at radius 1 is 1.16 bits per heavy atom. The predicted octanol–water partition coefficient (Wildman–Crippen LogP) is 2.08. The standard InChI is InChI=1S/C18H16N4O3/c23-13(11-1-2-11)10-16-20-17-5-6-19-18(22(17)21-16)12-3-4-14-15(9-12)25-8-7-24-14/h3-6,9,11H,1-2,7-8,10H2. The van der Waals surface area contributed by atoms with E-state index >= 15 is 0 Å². The van der Waals surface area contributed by atoms with Crippen LogP contribution < -0.4 is 9.47 Å². The number of nitrogens with zero attached hydrogens (tertiary/aromatic N) is 4. The van der Waals surface area contributed by atoms with Gasteiger partial charge in [0.15, 0.2) is 28.8 Å². The van der Waals surface area contributed by atoms with Crippen molar-refractivity contribution >= 4 is 11.4 Å². The van der Waals surface area contributed by atoms with E-state index in [0.29, 0.717) is 36.3 Å². The molecule has 5 rings (SSSR count). The van der Waals surface area contributed by atoms with Gasteiger partial charge in [-0.05, 0) is 31.0 Å². The first kappa shape index (κ1) is 14.4. The van der Waals surface area contributed by atoms with Gasteiger partial charge in [0.2, 0.25) is 0 Å². The van der Waals surface area contributed by atoms with E-state index in [-0.39, 0.29) is 18.1 Å². The summed E-state index contributed by atoms with van der Waals surface area (Å²) in [6.07, 6.45) is 3.97. The number of benzene rings is 1. The average Bonchev–Trinajstić information content (AvgIpc) is 3.41. The second kappa shape index (κ2) is 5.54. The summed E-state index contributed by atoms with van der Waals surface area (Å²) < 4.78 is 12.9. The molecule has 0 saturated heterocycles. The molecule has 1 aliphatic heterocycles. The normalized spacial score (nSPS) is 16.2. The Kier molecular flexibility index (Phi) is 3.19. The minimum Gasteiger partial charge on any atom is -0.486 e. The molecule has 0 radical (unpaired) electrons. The number of fused-ring (bicyclic) bond motifs is 2. The van der Waals surface area contributed by atoms with Gasteiger partial charge in [0, 0.05) is 23.7 Å². The van der Waals surface area contributed by atoms with Gasteiger partial charge in [-0.2, -0.15) is 4.52 Å². The van der Waals surface area contributed by atoms with Crippen molar-refractivity contribution in [3.8, 4) is 22.9 Å². The summed E-state index contributed by atoms with van der Waals surface area (Å²) in [5.41, 5.74) is 1.54. The first-order valence-corrected chi connectivity index (χ1v) is 8.41. The van der Waals surface area contributed by atoms with E-state index in [1.54, 1.807) is 16.8 Å². The lowest BCUT2D eigenvalue weighted by atomic mass is 10.2. The number of aromatic nitrogens is 4. The third kappa shape index (κ3) is 2.61. The van der Waals surface area contributed by atoms with Gasteiger partial charge in [0.25, 0.3) is 0 Å². The van der Waals surface area contributed by atoms with Gasteiger partial charge in [-0.3, -0.25) is 4.79 Å². The van der Waals surface area contributed by atoms with Crippen LogP contribution in [0.3, 0.4) is 0 Å². The maximum absolute atomic E-state index is 12.0. The number of carbonyl (C=O) groups is 1. The van der Waals surface area contributed by atoms with E-state index in [4.69, 9.17) is 9.47 Å². The van der Waals surface area contributed by atoms with Crippen LogP contribution in [-0.4, -0.2) is 38.6 Å². The number of carbonyl (C=O) groups excluding carboxylic acids is 1. The summed E-state index contributed by atoms with van der Waals surface area (Å²) in [6.45, 7) is 1.09. The van der Waals surface area contributed by atoms with Crippen molar-refractivity contribution in [2.45, 2.75) is 19.3 Å². The second-order valence-corrected chi connectivity index (χ2v) is 6.34. The van der Waals surface area contributed by atoms with Crippen LogP contribution in [0.5, 0.6) is 11.5 Å². The van der Waals surface area contributed by atoms with E-state index in [9.17, 15) is 4.79 Å². The molecule has 1 aliphatic carbocycles. The highest BCUT2D eigenvalue weighted by molar-refractivity contribution is 5.84. The van der Waals surface area contributed by atoms with Gasteiger partial charge in [0.05, 0.1) is 6.42 Å². The Morgan fingerprint density at radius 3 is 2.84 bits per heavy atom. The quantitative estimate of drug-likeness (QED) is 0.726. The predicted molar refractivity (Wildman–Crippen MR) is 88.6 cm³/mol. The molecular weight excluding hydrogens is 320 g/mol. The van der Waals surface area contributed by atoms with Crippen LogP contribution in [-0.2, 0) is 11.2 Å². The Morgan fingerprint density at radius 2 is 2.00 bits per heavy atom. The summed E-state index contributed by atoms with van der Waals surface area (Å²) in [7, 11) is 0. The van der Waals surface area contributed by atoms with Crippen molar-refractivity contribution < 1.29 is 14.3 Å². The van der Waals surface area contributed by atoms with Gasteiger partial charge >= 0.3 is 0 Å². The Balaban J connectivity index is 1.54. The van der Waals surface area contributed by atoms with Gasteiger partial charge in [-0.1, -0.05) is 0 Å². The fourth-order valence-electron chi connectivity index (χ4n) is 3.02. The zero-order valence-electron chi connectivity index (χ0n) is 13.5. The molecule has 1 saturated carbocycles. The largest absolute Gasteiger partial charge is 0.486 e. The lowest BCUT2D eigenvalue weighted by Crippen LogP contribution is -2.15. The van der Waals surface area contributed by atoms with Crippen molar-refractivity contribution in [1.82, 2.24) is 19.6 Å². The molecular formula is C18H16N4O3. The zero-order valence-corrected chi connectivity index (χ0v) is 13.5. The van der Waals surface area contributed by atoms with Crippen molar-refractivity contribution in [1.29, 1.82) is 0 Å². The van der Waals surface area contributed by atoms with Crippen molar-refractivity contribution in [3.63, 3.8) is 0 Å². The van der Waals surface area contributed by atoms with Crippen LogP contribution in [0.25, 0.3) is 17.0 Å². The molecule has 0 N–H and O–H groups in total. The maximum Gasteiger partial charge on any atom is 0.163 e. The van der Waals surface area contributed by atoms with Gasteiger partial charge in [-0.15, -0.1) is 5.10 Å². The van der Waals surface area contributed by atoms with E-state index in [1.807, 2.05) is 18.2 Å². The van der Waals surface area contributed by atoms with Gasteiger partial charge < -0.3 is 9.47 Å². The van der Waals surface area contributed by atoms with Crippen molar-refractivity contribution in [2.24, 2.45) is 5.92 Å². The molecule has 2 aliphatic rings. The number of hydrogen-bond acceptors (Lipinski definition) is 6. The highest BCUT2D eigenvalue weighted by Gasteiger charge is 2.30. The van der Waals surface area contributed by atoms with Crippen molar-refractivity contribution in [2.75, 3.05) is 13.2 Å². The minimum absolute atomic E-state index is 0.210. The minimum atomic E-state index is 0.210. The van der Waals surface area contributed by atoms with E-state index in [0.717, 1.165) is 24.2 Å². The molecule has 7 heteroatoms. The average molecular weight is 336 g/mol. The first-order chi connectivity index (χ1) is 12.3. The van der Waals surface area contributed by atoms with E-state index < -0.39 is 0 Å². The van der Waals surface area contributed by atoms with E-state index in [2.05, 4.69) is 15.1 Å². The van der Waals surface area contributed by atoms with Crippen LogP contribution in [0.4, 0.5) is 0 Å². The number of hydrogen-bond donors (Lipinski definition) is 0. The van der Waals surface area contributed by atoms with Crippen LogP contribution >= 0.6 is 0 Å². The molecule has 0 spiro atoms. The number of rotatable bonds is 4. The Hall–Kier alpha value is -2.96. The number of ketones is 1. The second-order valence-electron chi connectivity index (χ2n) is 6.34. The lowest BCUT2D eigenvalue weighted by molar-refractivity contribution is -0.119. The van der Waals surface area contributed by atoms with E-state index in [1.165, 1.54) is 0 Å². The van der Waals surface area contributed by atoms with Crippen LogP contribution in [0.1, 0.15) is 18.7 Å². The van der Waals surface area contributed by atoms with Crippen molar-refractivity contribution in [3.05, 3.63) is 36.3 Å². The smallest absolute Gasteiger partial charge is 0.163 e.